The molecule has 168 valence electrons. The van der Waals surface area contributed by atoms with Crippen LogP contribution >= 0.6 is 10.2 Å². The molecule has 13 heteroatoms. The fourth-order valence-corrected chi connectivity index (χ4v) is 4.34. The summed E-state index contributed by atoms with van der Waals surface area (Å²) in [5.41, 5.74) is -0.243. The highest BCUT2D eigenvalue weighted by Gasteiger charge is 2.65. The Balaban J connectivity index is 2.11. The number of aromatic nitrogens is 2. The van der Waals surface area contributed by atoms with Crippen LogP contribution in [0.25, 0.3) is 0 Å². The number of rotatable bonds is 5. The summed E-state index contributed by atoms with van der Waals surface area (Å²) in [6, 6.07) is 4.62. The van der Waals surface area contributed by atoms with Crippen LogP contribution in [0.5, 0.6) is 0 Å². The number of hydrogen-bond acceptors (Lipinski definition) is 5. The normalized spacial score (nSPS) is 14.5. The van der Waals surface area contributed by atoms with E-state index in [9.17, 15) is 32.6 Å². The highest BCUT2D eigenvalue weighted by molar-refractivity contribution is 8.45. The number of carbonyl (C=O) groups excluding carboxylic acids is 1. The standard InChI is InChI=1S/C18H16F5N3O3S2/c1-12-8-16(25-13-4-3-5-14(9-13)31(19,20,21,22)23)17(30(2,28)29)10-15(12)18(27)26-7-6-24-11-26/h3-11,25H,1-2H3. The molecule has 1 N–H and O–H groups in total. The van der Waals surface area contributed by atoms with E-state index < -0.39 is 36.6 Å². The van der Waals surface area contributed by atoms with Crippen LogP contribution in [0.2, 0.25) is 0 Å². The van der Waals surface area contributed by atoms with Crippen LogP contribution in [0.1, 0.15) is 15.9 Å². The minimum atomic E-state index is -9.93. The summed E-state index contributed by atoms with van der Waals surface area (Å²) in [4.78, 5) is 13.8. The van der Waals surface area contributed by atoms with Crippen molar-refractivity contribution >= 4 is 37.3 Å². The topological polar surface area (TPSA) is 81.1 Å². The predicted octanol–water partition coefficient (Wildman–Crippen LogP) is 5.68. The molecule has 3 rings (SSSR count). The number of imidazole rings is 1. The van der Waals surface area contributed by atoms with Gasteiger partial charge in [-0.1, -0.05) is 25.5 Å². The Labute approximate surface area is 174 Å². The Morgan fingerprint density at radius 3 is 2.32 bits per heavy atom. The van der Waals surface area contributed by atoms with E-state index in [0.717, 1.165) is 29.0 Å². The van der Waals surface area contributed by atoms with E-state index in [1.54, 1.807) is 0 Å². The number of nitrogens with zero attached hydrogens (tertiary/aromatic N) is 2. The van der Waals surface area contributed by atoms with Crippen molar-refractivity contribution in [2.24, 2.45) is 0 Å². The number of nitrogens with one attached hydrogen (secondary N) is 1. The molecule has 0 aliphatic carbocycles. The lowest BCUT2D eigenvalue weighted by Gasteiger charge is -2.40. The van der Waals surface area contributed by atoms with Gasteiger partial charge in [0.2, 0.25) is 0 Å². The Bertz CT molecular complexity index is 1290. The summed E-state index contributed by atoms with van der Waals surface area (Å²) in [6.07, 6.45) is 4.78. The first-order chi connectivity index (χ1) is 14.0. The Morgan fingerprint density at radius 2 is 1.77 bits per heavy atom. The third-order valence-electron chi connectivity index (χ3n) is 4.25. The lowest BCUT2D eigenvalue weighted by Crippen LogP contribution is -2.14. The summed E-state index contributed by atoms with van der Waals surface area (Å²) in [5, 5.41) is 2.44. The molecule has 6 nitrogen and oxygen atoms in total. The van der Waals surface area contributed by atoms with Crippen molar-refractivity contribution in [3.05, 3.63) is 66.2 Å². The van der Waals surface area contributed by atoms with Crippen LogP contribution in [-0.2, 0) is 9.84 Å². The van der Waals surface area contributed by atoms with Gasteiger partial charge in [-0.2, -0.15) is 0 Å². The highest BCUT2D eigenvalue weighted by atomic mass is 32.5. The van der Waals surface area contributed by atoms with Gasteiger partial charge in [-0.3, -0.25) is 9.36 Å². The fourth-order valence-electron chi connectivity index (χ4n) is 2.81. The average Bonchev–Trinajstić information content (AvgIpc) is 3.13. The van der Waals surface area contributed by atoms with Gasteiger partial charge >= 0.3 is 10.2 Å². The van der Waals surface area contributed by atoms with Crippen LogP contribution < -0.4 is 5.32 Å². The molecule has 0 spiro atoms. The molecule has 0 unspecified atom stereocenters. The molecule has 0 saturated heterocycles. The second-order valence-electron chi connectivity index (χ2n) is 6.83. The van der Waals surface area contributed by atoms with E-state index in [-0.39, 0.29) is 28.3 Å². The summed E-state index contributed by atoms with van der Waals surface area (Å²) in [5.74, 6) is -0.575. The van der Waals surface area contributed by atoms with Crippen molar-refractivity contribution in [2.75, 3.05) is 11.6 Å². The zero-order chi connectivity index (χ0) is 23.3. The number of aryl methyl sites for hydroxylation is 1. The van der Waals surface area contributed by atoms with Crippen molar-refractivity contribution in [2.45, 2.75) is 16.7 Å². The largest absolute Gasteiger partial charge is 0.354 e. The third kappa shape index (κ3) is 5.05. The molecule has 1 heterocycles. The average molecular weight is 481 g/mol. The zero-order valence-electron chi connectivity index (χ0n) is 16.0. The van der Waals surface area contributed by atoms with E-state index >= 15 is 0 Å². The fraction of sp³-hybridized carbons (Fsp3) is 0.111. The maximum absolute atomic E-state index is 13.1. The number of hydrogen-bond donors (Lipinski definition) is 1. The molecule has 0 fully saturated rings. The van der Waals surface area contributed by atoms with Crippen LogP contribution in [0, 0.1) is 6.92 Å². The molecule has 3 aromatic rings. The zero-order valence-corrected chi connectivity index (χ0v) is 17.7. The van der Waals surface area contributed by atoms with Crippen molar-refractivity contribution in [3.8, 4) is 0 Å². The van der Waals surface area contributed by atoms with E-state index in [1.807, 2.05) is 0 Å². The summed E-state index contributed by atoms with van der Waals surface area (Å²) in [7, 11) is -13.9. The summed E-state index contributed by atoms with van der Waals surface area (Å²) >= 11 is 0. The molecular weight excluding hydrogens is 465 g/mol. The van der Waals surface area contributed by atoms with Gasteiger partial charge in [-0.05, 0) is 42.8 Å². The number of halogens is 5. The lowest BCUT2D eigenvalue weighted by atomic mass is 10.1. The Kier molecular flexibility index (Phi) is 4.79. The quantitative estimate of drug-likeness (QED) is 0.474. The molecule has 31 heavy (non-hydrogen) atoms. The first-order valence-electron chi connectivity index (χ1n) is 8.44. The number of carbonyl (C=O) groups is 1. The monoisotopic (exact) mass is 481 g/mol. The first-order valence-corrected chi connectivity index (χ1v) is 12.3. The molecule has 0 aliphatic heterocycles. The highest BCUT2D eigenvalue weighted by Crippen LogP contribution is 3.02. The van der Waals surface area contributed by atoms with E-state index in [4.69, 9.17) is 0 Å². The summed E-state index contributed by atoms with van der Waals surface area (Å²) < 4.78 is 91.2. The van der Waals surface area contributed by atoms with Gasteiger partial charge in [-0.25, -0.2) is 13.4 Å². The van der Waals surface area contributed by atoms with Crippen molar-refractivity contribution in [3.63, 3.8) is 0 Å². The van der Waals surface area contributed by atoms with E-state index in [1.165, 1.54) is 31.7 Å². The van der Waals surface area contributed by atoms with Crippen LogP contribution in [-0.4, -0.2) is 30.1 Å². The van der Waals surface area contributed by atoms with Gasteiger partial charge in [0, 0.05) is 29.9 Å². The molecule has 0 atom stereocenters. The van der Waals surface area contributed by atoms with Gasteiger partial charge in [-0.15, -0.1) is 0 Å². The van der Waals surface area contributed by atoms with Crippen LogP contribution in [0.4, 0.5) is 30.8 Å². The second kappa shape index (κ2) is 6.53. The number of sulfone groups is 1. The van der Waals surface area contributed by atoms with Crippen LogP contribution in [0.15, 0.2) is 64.9 Å². The number of benzene rings is 2. The molecule has 0 aliphatic rings. The molecule has 1 aromatic heterocycles. The molecule has 0 radical (unpaired) electrons. The van der Waals surface area contributed by atoms with E-state index in [0.29, 0.717) is 5.56 Å². The molecule has 0 bridgehead atoms. The van der Waals surface area contributed by atoms with Crippen molar-refractivity contribution < 1.29 is 32.6 Å². The van der Waals surface area contributed by atoms with Gasteiger partial charge in [0.25, 0.3) is 5.91 Å². The molecule has 2 aromatic carbocycles. The summed E-state index contributed by atoms with van der Waals surface area (Å²) in [6.45, 7) is 1.49. The van der Waals surface area contributed by atoms with Crippen LogP contribution in [0.3, 0.4) is 0 Å². The molecule has 0 saturated carbocycles. The minimum absolute atomic E-state index is 0.0183. The number of anilines is 2. The smallest absolute Gasteiger partial charge is 0.310 e. The molecular formula is C18H16F5N3O3S2. The maximum atomic E-state index is 13.1. The minimum Gasteiger partial charge on any atom is -0.354 e. The van der Waals surface area contributed by atoms with Crippen molar-refractivity contribution in [1.29, 1.82) is 0 Å². The Hall–Kier alpha value is -2.93. The van der Waals surface area contributed by atoms with E-state index in [2.05, 4.69) is 10.3 Å². The van der Waals surface area contributed by atoms with Gasteiger partial charge in [0.1, 0.15) is 11.2 Å². The molecule has 0 amide bonds. The lowest BCUT2D eigenvalue weighted by molar-refractivity contribution is 0.0959. The Morgan fingerprint density at radius 1 is 1.10 bits per heavy atom. The van der Waals surface area contributed by atoms with Gasteiger partial charge in [0.05, 0.1) is 10.6 Å². The first kappa shape index (κ1) is 22.7. The third-order valence-corrected chi connectivity index (χ3v) is 6.54. The van der Waals surface area contributed by atoms with Crippen molar-refractivity contribution in [1.82, 2.24) is 9.55 Å². The maximum Gasteiger partial charge on any atom is 0.310 e. The van der Waals surface area contributed by atoms with Gasteiger partial charge < -0.3 is 5.32 Å². The second-order valence-corrected chi connectivity index (χ2v) is 11.2. The van der Waals surface area contributed by atoms with Gasteiger partial charge in [0.15, 0.2) is 9.84 Å². The predicted molar refractivity (Wildman–Crippen MR) is 107 cm³/mol. The SMILES string of the molecule is Cc1cc(Nc2cccc(S(F)(F)(F)(F)F)c2)c(S(C)(=O)=O)cc1C(=O)n1ccnc1.